The first-order valence-corrected chi connectivity index (χ1v) is 16.0. The van der Waals surface area contributed by atoms with Crippen molar-refractivity contribution in [3.63, 3.8) is 0 Å². The SMILES string of the molecule is CCCCCCN(CCCCCCCCCCCCNC(=O)c1cc2ccc(N(CC)CC)cc2oc1=O)C(=O)O. The zero-order valence-corrected chi connectivity index (χ0v) is 25.7. The number of anilines is 1. The fraction of sp³-hybridized carbons (Fsp3) is 0.667. The van der Waals surface area contributed by atoms with Crippen LogP contribution in [-0.4, -0.2) is 54.7 Å². The molecule has 8 nitrogen and oxygen atoms in total. The summed E-state index contributed by atoms with van der Waals surface area (Å²) in [5, 5.41) is 13.0. The number of carbonyl (C=O) groups is 2. The Morgan fingerprint density at radius 3 is 1.90 bits per heavy atom. The molecule has 0 atom stereocenters. The Bertz CT molecular complexity index is 1100. The molecule has 2 aromatic rings. The number of rotatable bonds is 22. The first-order valence-electron chi connectivity index (χ1n) is 16.0. The second kappa shape index (κ2) is 19.9. The third kappa shape index (κ3) is 12.6. The molecule has 0 aliphatic rings. The molecule has 2 amide bonds. The summed E-state index contributed by atoms with van der Waals surface area (Å²) in [5.41, 5.74) is 0.939. The van der Waals surface area contributed by atoms with Gasteiger partial charge in [0, 0.05) is 49.9 Å². The lowest BCUT2D eigenvalue weighted by Gasteiger charge is -2.21. The van der Waals surface area contributed by atoms with Gasteiger partial charge in [0.25, 0.3) is 5.91 Å². The topological polar surface area (TPSA) is 103 Å². The van der Waals surface area contributed by atoms with Crippen LogP contribution in [0.5, 0.6) is 0 Å². The average Bonchev–Trinajstić information content (AvgIpc) is 2.96. The molecule has 0 unspecified atom stereocenters. The van der Waals surface area contributed by atoms with Crippen LogP contribution >= 0.6 is 0 Å². The molecule has 0 saturated carbocycles. The van der Waals surface area contributed by atoms with Gasteiger partial charge < -0.3 is 24.6 Å². The first kappa shape index (κ1) is 34.2. The molecule has 1 aromatic heterocycles. The lowest BCUT2D eigenvalue weighted by atomic mass is 10.1. The number of hydrogen-bond acceptors (Lipinski definition) is 5. The van der Waals surface area contributed by atoms with Crippen LogP contribution < -0.4 is 15.8 Å². The molecule has 1 heterocycles. The van der Waals surface area contributed by atoms with Gasteiger partial charge in [0.15, 0.2) is 0 Å². The summed E-state index contributed by atoms with van der Waals surface area (Å²) in [4.78, 5) is 40.2. The Hall–Kier alpha value is -3.03. The number of nitrogens with zero attached hydrogens (tertiary/aromatic N) is 2. The molecule has 0 aliphatic heterocycles. The second-order valence-electron chi connectivity index (χ2n) is 11.0. The molecule has 0 bridgehead atoms. The third-order valence-electron chi connectivity index (χ3n) is 7.79. The average molecular weight is 572 g/mol. The van der Waals surface area contributed by atoms with Gasteiger partial charge in [-0.15, -0.1) is 0 Å². The van der Waals surface area contributed by atoms with E-state index >= 15 is 0 Å². The third-order valence-corrected chi connectivity index (χ3v) is 7.79. The van der Waals surface area contributed by atoms with Gasteiger partial charge in [-0.2, -0.15) is 0 Å². The Kier molecular flexibility index (Phi) is 16.6. The zero-order chi connectivity index (χ0) is 29.9. The van der Waals surface area contributed by atoms with Crippen molar-refractivity contribution in [1.29, 1.82) is 0 Å². The van der Waals surface area contributed by atoms with E-state index in [2.05, 4.69) is 31.0 Å². The van der Waals surface area contributed by atoms with Gasteiger partial charge in [-0.05, 0) is 51.3 Å². The smallest absolute Gasteiger partial charge is 0.407 e. The predicted octanol–water partition coefficient (Wildman–Crippen LogP) is 7.83. The summed E-state index contributed by atoms with van der Waals surface area (Å²) in [6.07, 6.45) is 14.7. The fourth-order valence-electron chi connectivity index (χ4n) is 5.22. The largest absolute Gasteiger partial charge is 0.465 e. The maximum atomic E-state index is 12.6. The van der Waals surface area contributed by atoms with E-state index in [1.807, 2.05) is 18.2 Å². The summed E-state index contributed by atoms with van der Waals surface area (Å²) in [6, 6.07) is 7.37. The van der Waals surface area contributed by atoms with E-state index < -0.39 is 11.7 Å². The summed E-state index contributed by atoms with van der Waals surface area (Å²) < 4.78 is 5.48. The highest BCUT2D eigenvalue weighted by Gasteiger charge is 2.14. The maximum Gasteiger partial charge on any atom is 0.407 e. The van der Waals surface area contributed by atoms with Crippen molar-refractivity contribution >= 4 is 28.7 Å². The number of carboxylic acid groups (broad SMARTS) is 1. The van der Waals surface area contributed by atoms with Gasteiger partial charge in [-0.3, -0.25) is 4.79 Å². The Morgan fingerprint density at radius 1 is 0.780 bits per heavy atom. The van der Waals surface area contributed by atoms with Crippen LogP contribution in [0.25, 0.3) is 11.0 Å². The Labute approximate surface area is 246 Å². The van der Waals surface area contributed by atoms with Gasteiger partial charge in [0.05, 0.1) is 0 Å². The van der Waals surface area contributed by atoms with Crippen LogP contribution in [0.4, 0.5) is 10.5 Å². The number of fused-ring (bicyclic) bond motifs is 1. The molecule has 230 valence electrons. The van der Waals surface area contributed by atoms with Gasteiger partial charge in [-0.25, -0.2) is 9.59 Å². The van der Waals surface area contributed by atoms with Crippen LogP contribution in [0.3, 0.4) is 0 Å². The van der Waals surface area contributed by atoms with Crippen LogP contribution in [0.2, 0.25) is 0 Å². The zero-order valence-electron chi connectivity index (χ0n) is 25.7. The molecule has 0 saturated heterocycles. The first-order chi connectivity index (χ1) is 19.9. The van der Waals surface area contributed by atoms with E-state index in [1.54, 1.807) is 11.0 Å². The van der Waals surface area contributed by atoms with Crippen LogP contribution in [-0.2, 0) is 0 Å². The number of carbonyl (C=O) groups excluding carboxylic acids is 1. The molecule has 0 aliphatic carbocycles. The molecule has 1 aromatic carbocycles. The molecule has 41 heavy (non-hydrogen) atoms. The minimum atomic E-state index is -0.787. The minimum absolute atomic E-state index is 0.0516. The summed E-state index contributed by atoms with van der Waals surface area (Å²) in [6.45, 7) is 9.91. The highest BCUT2D eigenvalue weighted by atomic mass is 16.4. The number of unbranched alkanes of at least 4 members (excludes halogenated alkanes) is 12. The van der Waals surface area contributed by atoms with E-state index in [0.717, 1.165) is 82.0 Å². The standard InChI is InChI=1S/C33H53N3O5/c1-4-7-8-18-23-36(33(39)40)24-19-16-14-12-10-9-11-13-15-17-22-34-31(37)29-25-27-20-21-28(35(5-2)6-3)26-30(27)41-32(29)38/h20-21,25-26H,4-19,22-24H2,1-3H3,(H,34,37)(H,39,40). The van der Waals surface area contributed by atoms with E-state index in [4.69, 9.17) is 4.42 Å². The summed E-state index contributed by atoms with van der Waals surface area (Å²) in [7, 11) is 0. The van der Waals surface area contributed by atoms with Crippen molar-refractivity contribution in [3.05, 3.63) is 40.2 Å². The van der Waals surface area contributed by atoms with Gasteiger partial charge >= 0.3 is 11.7 Å². The summed E-state index contributed by atoms with van der Waals surface area (Å²) >= 11 is 0. The van der Waals surface area contributed by atoms with Crippen LogP contribution in [0, 0.1) is 0 Å². The molecule has 0 fully saturated rings. The van der Waals surface area contributed by atoms with Gasteiger partial charge in [0.1, 0.15) is 11.1 Å². The fourth-order valence-corrected chi connectivity index (χ4v) is 5.22. The molecule has 0 radical (unpaired) electrons. The van der Waals surface area contributed by atoms with Crippen molar-refractivity contribution in [1.82, 2.24) is 10.2 Å². The number of hydrogen-bond donors (Lipinski definition) is 2. The molecular formula is C33H53N3O5. The van der Waals surface area contributed by atoms with Crippen molar-refractivity contribution in [3.8, 4) is 0 Å². The number of amides is 2. The van der Waals surface area contributed by atoms with E-state index in [1.165, 1.54) is 32.1 Å². The Morgan fingerprint density at radius 2 is 1.34 bits per heavy atom. The second-order valence-corrected chi connectivity index (χ2v) is 11.0. The quantitative estimate of drug-likeness (QED) is 0.110. The lowest BCUT2D eigenvalue weighted by molar-refractivity contribution is 0.0949. The maximum absolute atomic E-state index is 12.6. The molecular weight excluding hydrogens is 518 g/mol. The monoisotopic (exact) mass is 571 g/mol. The molecule has 2 N–H and O–H groups in total. The highest BCUT2D eigenvalue weighted by Crippen LogP contribution is 2.22. The molecule has 8 heteroatoms. The van der Waals surface area contributed by atoms with Crippen LogP contribution in [0.1, 0.15) is 121 Å². The van der Waals surface area contributed by atoms with E-state index in [9.17, 15) is 19.5 Å². The van der Waals surface area contributed by atoms with Crippen molar-refractivity contribution in [2.45, 2.75) is 111 Å². The van der Waals surface area contributed by atoms with E-state index in [-0.39, 0.29) is 11.5 Å². The van der Waals surface area contributed by atoms with E-state index in [0.29, 0.717) is 25.2 Å². The highest BCUT2D eigenvalue weighted by molar-refractivity contribution is 5.96. The van der Waals surface area contributed by atoms with Gasteiger partial charge in [0.2, 0.25) is 0 Å². The summed E-state index contributed by atoms with van der Waals surface area (Å²) in [5.74, 6) is -0.378. The molecule has 0 spiro atoms. The van der Waals surface area contributed by atoms with Crippen molar-refractivity contribution in [2.75, 3.05) is 37.6 Å². The number of nitrogens with one attached hydrogen (secondary N) is 1. The molecule has 2 rings (SSSR count). The number of benzene rings is 1. The lowest BCUT2D eigenvalue weighted by Crippen LogP contribution is -2.31. The van der Waals surface area contributed by atoms with Crippen LogP contribution in [0.15, 0.2) is 33.5 Å². The van der Waals surface area contributed by atoms with Crippen molar-refractivity contribution < 1.29 is 19.1 Å². The Balaban J connectivity index is 1.54. The predicted molar refractivity (Wildman–Crippen MR) is 168 cm³/mol. The van der Waals surface area contributed by atoms with Crippen molar-refractivity contribution in [2.24, 2.45) is 0 Å². The normalized spacial score (nSPS) is 11.1. The van der Waals surface area contributed by atoms with Gasteiger partial charge in [-0.1, -0.05) is 77.6 Å². The minimum Gasteiger partial charge on any atom is -0.465 e.